The van der Waals surface area contributed by atoms with Crippen LogP contribution >= 0.6 is 27.3 Å². The number of thiophene rings is 1. The lowest BCUT2D eigenvalue weighted by Crippen LogP contribution is -2.21. The van der Waals surface area contributed by atoms with Crippen LogP contribution in [0.25, 0.3) is 10.9 Å². The number of halogens is 1. The Hall–Kier alpha value is -1.79. The Morgan fingerprint density at radius 1 is 1.40 bits per heavy atom. The van der Waals surface area contributed by atoms with Gasteiger partial charge in [-0.15, -0.1) is 11.3 Å². The molecule has 0 spiro atoms. The molecule has 0 radical (unpaired) electrons. The zero-order valence-electron chi connectivity index (χ0n) is 10.4. The lowest BCUT2D eigenvalue weighted by molar-refractivity contribution is 0.0953. The molecule has 0 saturated heterocycles. The highest BCUT2D eigenvalue weighted by molar-refractivity contribution is 9.10. The number of anilines is 1. The number of carbonyl (C=O) groups is 1. The second kappa shape index (κ2) is 5.30. The molecule has 20 heavy (non-hydrogen) atoms. The SMILES string of the molecule is Nc1ccc2[nH]cc(C(=O)NCc3cc(Br)cs3)c2c1. The van der Waals surface area contributed by atoms with Crippen molar-refractivity contribution in [3.8, 4) is 0 Å². The number of rotatable bonds is 3. The van der Waals surface area contributed by atoms with Crippen molar-refractivity contribution in [3.05, 3.63) is 50.8 Å². The molecule has 1 amide bonds. The number of nitrogens with one attached hydrogen (secondary N) is 2. The molecule has 0 fully saturated rings. The van der Waals surface area contributed by atoms with Gasteiger partial charge >= 0.3 is 0 Å². The van der Waals surface area contributed by atoms with Crippen molar-refractivity contribution in [2.45, 2.75) is 6.54 Å². The number of hydrogen-bond acceptors (Lipinski definition) is 3. The second-order valence-electron chi connectivity index (χ2n) is 4.42. The smallest absolute Gasteiger partial charge is 0.253 e. The van der Waals surface area contributed by atoms with E-state index in [1.807, 2.05) is 29.6 Å². The molecule has 0 unspecified atom stereocenters. The molecule has 0 saturated carbocycles. The number of nitrogens with two attached hydrogens (primary N) is 1. The van der Waals surface area contributed by atoms with Crippen molar-refractivity contribution >= 4 is 49.8 Å². The molecule has 6 heteroatoms. The van der Waals surface area contributed by atoms with Gasteiger partial charge in [0, 0.05) is 37.5 Å². The summed E-state index contributed by atoms with van der Waals surface area (Å²) in [6, 6.07) is 7.49. The highest BCUT2D eigenvalue weighted by Crippen LogP contribution is 2.22. The van der Waals surface area contributed by atoms with E-state index in [1.54, 1.807) is 17.5 Å². The minimum Gasteiger partial charge on any atom is -0.399 e. The Balaban J connectivity index is 1.80. The summed E-state index contributed by atoms with van der Waals surface area (Å²) in [7, 11) is 0. The van der Waals surface area contributed by atoms with Crippen LogP contribution < -0.4 is 11.1 Å². The van der Waals surface area contributed by atoms with Gasteiger partial charge in [-0.2, -0.15) is 0 Å². The minimum atomic E-state index is -0.105. The highest BCUT2D eigenvalue weighted by Gasteiger charge is 2.12. The van der Waals surface area contributed by atoms with Gasteiger partial charge in [0.05, 0.1) is 12.1 Å². The average Bonchev–Trinajstić information content (AvgIpc) is 3.02. The van der Waals surface area contributed by atoms with Crippen LogP contribution in [-0.4, -0.2) is 10.9 Å². The molecule has 1 aromatic carbocycles. The highest BCUT2D eigenvalue weighted by atomic mass is 79.9. The third-order valence-corrected chi connectivity index (χ3v) is 4.69. The van der Waals surface area contributed by atoms with Crippen molar-refractivity contribution < 1.29 is 4.79 Å². The molecular formula is C14H12BrN3OS. The molecule has 0 aliphatic rings. The first kappa shape index (κ1) is 13.2. The molecule has 0 atom stereocenters. The fourth-order valence-corrected chi connectivity index (χ4v) is 3.43. The molecule has 102 valence electrons. The number of carbonyl (C=O) groups excluding carboxylic acids is 1. The van der Waals surface area contributed by atoms with E-state index < -0.39 is 0 Å². The van der Waals surface area contributed by atoms with Gasteiger partial charge in [-0.05, 0) is 40.2 Å². The summed E-state index contributed by atoms with van der Waals surface area (Å²) in [4.78, 5) is 16.4. The van der Waals surface area contributed by atoms with E-state index in [-0.39, 0.29) is 5.91 Å². The van der Waals surface area contributed by atoms with E-state index in [0.717, 1.165) is 20.3 Å². The van der Waals surface area contributed by atoms with Crippen molar-refractivity contribution in [2.24, 2.45) is 0 Å². The van der Waals surface area contributed by atoms with Crippen molar-refractivity contribution in [1.29, 1.82) is 0 Å². The standard InChI is InChI=1S/C14H12BrN3OS/c15-8-3-10(20-7-8)5-18-14(19)12-6-17-13-2-1-9(16)4-11(12)13/h1-4,6-7,17H,5,16H2,(H,18,19). The number of hydrogen-bond donors (Lipinski definition) is 3. The minimum absolute atomic E-state index is 0.105. The summed E-state index contributed by atoms with van der Waals surface area (Å²) in [5.74, 6) is -0.105. The summed E-state index contributed by atoms with van der Waals surface area (Å²) in [5, 5.41) is 5.75. The lowest BCUT2D eigenvalue weighted by Gasteiger charge is -2.02. The van der Waals surface area contributed by atoms with Crippen LogP contribution in [0, 0.1) is 0 Å². The van der Waals surface area contributed by atoms with E-state index in [1.165, 1.54) is 0 Å². The number of aromatic amines is 1. The van der Waals surface area contributed by atoms with E-state index in [4.69, 9.17) is 5.73 Å². The maximum Gasteiger partial charge on any atom is 0.253 e. The predicted octanol–water partition coefficient (Wildman–Crippen LogP) is 3.50. The van der Waals surface area contributed by atoms with Crippen LogP contribution in [0.2, 0.25) is 0 Å². The van der Waals surface area contributed by atoms with Crippen molar-refractivity contribution in [1.82, 2.24) is 10.3 Å². The zero-order valence-corrected chi connectivity index (χ0v) is 12.8. The Morgan fingerprint density at radius 2 is 2.25 bits per heavy atom. The third-order valence-electron chi connectivity index (χ3n) is 3.00. The largest absolute Gasteiger partial charge is 0.399 e. The summed E-state index contributed by atoms with van der Waals surface area (Å²) in [6.45, 7) is 0.518. The van der Waals surface area contributed by atoms with Gasteiger partial charge in [-0.25, -0.2) is 0 Å². The van der Waals surface area contributed by atoms with Gasteiger partial charge in [0.25, 0.3) is 5.91 Å². The monoisotopic (exact) mass is 349 g/mol. The van der Waals surface area contributed by atoms with Crippen LogP contribution in [-0.2, 0) is 6.54 Å². The summed E-state index contributed by atoms with van der Waals surface area (Å²) >= 11 is 5.00. The van der Waals surface area contributed by atoms with E-state index in [2.05, 4.69) is 26.2 Å². The fraction of sp³-hybridized carbons (Fsp3) is 0.0714. The second-order valence-corrected chi connectivity index (χ2v) is 6.33. The van der Waals surface area contributed by atoms with Gasteiger partial charge in [0.2, 0.25) is 0 Å². The third kappa shape index (κ3) is 2.57. The molecule has 2 heterocycles. The van der Waals surface area contributed by atoms with Gasteiger partial charge in [0.15, 0.2) is 0 Å². The Morgan fingerprint density at radius 3 is 3.00 bits per heavy atom. The van der Waals surface area contributed by atoms with Gasteiger partial charge in [0.1, 0.15) is 0 Å². The molecule has 0 aliphatic heterocycles. The van der Waals surface area contributed by atoms with Crippen molar-refractivity contribution in [2.75, 3.05) is 5.73 Å². The van der Waals surface area contributed by atoms with E-state index in [9.17, 15) is 4.79 Å². The normalized spacial score (nSPS) is 10.8. The first-order valence-corrected chi connectivity index (χ1v) is 7.68. The Bertz CT molecular complexity index is 778. The first-order chi connectivity index (χ1) is 9.63. The number of aromatic nitrogens is 1. The lowest BCUT2D eigenvalue weighted by atomic mass is 10.1. The molecule has 3 rings (SSSR count). The topological polar surface area (TPSA) is 70.9 Å². The van der Waals surface area contributed by atoms with Crippen LogP contribution in [0.15, 0.2) is 40.3 Å². The van der Waals surface area contributed by atoms with E-state index >= 15 is 0 Å². The number of amides is 1. The number of fused-ring (bicyclic) bond motifs is 1. The maximum atomic E-state index is 12.2. The predicted molar refractivity (Wildman–Crippen MR) is 85.9 cm³/mol. The molecule has 3 aromatic rings. The van der Waals surface area contributed by atoms with Crippen LogP contribution in [0.4, 0.5) is 5.69 Å². The van der Waals surface area contributed by atoms with Crippen LogP contribution in [0.3, 0.4) is 0 Å². The van der Waals surface area contributed by atoms with Crippen LogP contribution in [0.1, 0.15) is 15.2 Å². The molecule has 0 aliphatic carbocycles. The fourth-order valence-electron chi connectivity index (χ4n) is 2.04. The quantitative estimate of drug-likeness (QED) is 0.633. The molecule has 0 bridgehead atoms. The molecule has 4 N–H and O–H groups in total. The van der Waals surface area contributed by atoms with Crippen LogP contribution in [0.5, 0.6) is 0 Å². The molecular weight excluding hydrogens is 338 g/mol. The number of nitrogen functional groups attached to an aromatic ring is 1. The number of H-pyrrole nitrogens is 1. The Labute approximate surface area is 128 Å². The maximum absolute atomic E-state index is 12.2. The van der Waals surface area contributed by atoms with Gasteiger partial charge in [-0.3, -0.25) is 4.79 Å². The zero-order chi connectivity index (χ0) is 14.1. The first-order valence-electron chi connectivity index (χ1n) is 6.01. The molecule has 2 aromatic heterocycles. The number of benzene rings is 1. The Kier molecular flexibility index (Phi) is 3.50. The van der Waals surface area contributed by atoms with E-state index in [0.29, 0.717) is 17.8 Å². The summed E-state index contributed by atoms with van der Waals surface area (Å²) in [6.07, 6.45) is 1.71. The summed E-state index contributed by atoms with van der Waals surface area (Å²) < 4.78 is 1.03. The molecule has 4 nitrogen and oxygen atoms in total. The average molecular weight is 350 g/mol. The van der Waals surface area contributed by atoms with Gasteiger partial charge in [-0.1, -0.05) is 0 Å². The van der Waals surface area contributed by atoms with Crippen molar-refractivity contribution in [3.63, 3.8) is 0 Å². The summed E-state index contributed by atoms with van der Waals surface area (Å²) in [5.41, 5.74) is 7.94. The van der Waals surface area contributed by atoms with Gasteiger partial charge < -0.3 is 16.0 Å².